The Hall–Kier alpha value is -0.780. The molecule has 0 rings (SSSR count). The summed E-state index contributed by atoms with van der Waals surface area (Å²) in [5, 5.41) is 2.95. The molecule has 2 amide bonds. The van der Waals surface area contributed by atoms with Crippen LogP contribution in [0, 0.1) is 5.92 Å². The second kappa shape index (κ2) is 8.40. The zero-order valence-electron chi connectivity index (χ0n) is 12.5. The Morgan fingerprint density at radius 2 is 1.89 bits per heavy atom. The highest BCUT2D eigenvalue weighted by atomic mass is 79.9. The fourth-order valence-electron chi connectivity index (χ4n) is 1.45. The molecule has 0 aliphatic rings. The molecule has 0 saturated carbocycles. The zero-order chi connectivity index (χ0) is 15.1. The summed E-state index contributed by atoms with van der Waals surface area (Å²) in [6, 6.07) is 0. The summed E-state index contributed by atoms with van der Waals surface area (Å²) < 4.78 is 5.12. The highest BCUT2D eigenvalue weighted by Crippen LogP contribution is 2.06. The van der Waals surface area contributed by atoms with Crippen LogP contribution in [0.2, 0.25) is 0 Å². The van der Waals surface area contributed by atoms with Gasteiger partial charge in [-0.2, -0.15) is 0 Å². The van der Waals surface area contributed by atoms with Crippen LogP contribution in [0.5, 0.6) is 0 Å². The molecule has 6 heteroatoms. The van der Waals surface area contributed by atoms with E-state index < -0.39 is 11.7 Å². The number of rotatable bonds is 6. The number of ether oxygens (including phenoxy) is 1. The van der Waals surface area contributed by atoms with E-state index in [1.54, 1.807) is 4.90 Å². The number of nitrogens with zero attached hydrogens (tertiary/aromatic N) is 1. The van der Waals surface area contributed by atoms with Crippen LogP contribution in [0.1, 0.15) is 34.6 Å². The number of amides is 2. The van der Waals surface area contributed by atoms with E-state index in [4.69, 9.17) is 4.74 Å². The molecule has 0 atom stereocenters. The van der Waals surface area contributed by atoms with E-state index in [-0.39, 0.29) is 5.91 Å². The van der Waals surface area contributed by atoms with Crippen molar-refractivity contribution < 1.29 is 14.3 Å². The molecule has 19 heavy (non-hydrogen) atoms. The summed E-state index contributed by atoms with van der Waals surface area (Å²) in [5.74, 6) is 0.421. The maximum atomic E-state index is 11.7. The summed E-state index contributed by atoms with van der Waals surface area (Å²) in [4.78, 5) is 24.9. The van der Waals surface area contributed by atoms with Gasteiger partial charge >= 0.3 is 6.09 Å². The molecule has 0 spiro atoms. The SMILES string of the molecule is CC(C)CN(CCNC(=O)OC(C)(C)C)C(=O)CBr. The first-order valence-corrected chi connectivity index (χ1v) is 7.58. The van der Waals surface area contributed by atoms with Gasteiger partial charge in [-0.05, 0) is 26.7 Å². The maximum absolute atomic E-state index is 11.7. The lowest BCUT2D eigenvalue weighted by Gasteiger charge is -2.24. The Morgan fingerprint density at radius 3 is 2.32 bits per heavy atom. The maximum Gasteiger partial charge on any atom is 0.407 e. The summed E-state index contributed by atoms with van der Waals surface area (Å²) in [5.41, 5.74) is -0.507. The molecular weight excluding hydrogens is 312 g/mol. The Labute approximate surface area is 124 Å². The molecule has 0 aromatic heterocycles. The molecule has 0 aromatic carbocycles. The lowest BCUT2D eigenvalue weighted by atomic mass is 10.2. The van der Waals surface area contributed by atoms with Crippen molar-refractivity contribution in [3.8, 4) is 0 Å². The smallest absolute Gasteiger partial charge is 0.407 e. The summed E-state index contributed by atoms with van der Waals surface area (Å²) in [6.07, 6.45) is -0.455. The molecule has 0 unspecified atom stereocenters. The fourth-order valence-corrected chi connectivity index (χ4v) is 1.80. The highest BCUT2D eigenvalue weighted by molar-refractivity contribution is 9.09. The third kappa shape index (κ3) is 9.76. The first-order valence-electron chi connectivity index (χ1n) is 6.46. The van der Waals surface area contributed by atoms with Gasteiger partial charge < -0.3 is 15.0 Å². The van der Waals surface area contributed by atoms with Crippen molar-refractivity contribution in [2.24, 2.45) is 5.92 Å². The zero-order valence-corrected chi connectivity index (χ0v) is 14.0. The first-order chi connectivity index (χ1) is 8.65. The lowest BCUT2D eigenvalue weighted by Crippen LogP contribution is -2.42. The fraction of sp³-hybridized carbons (Fsp3) is 0.846. The van der Waals surface area contributed by atoms with Crippen LogP contribution < -0.4 is 5.32 Å². The minimum atomic E-state index is -0.507. The molecule has 0 aliphatic carbocycles. The van der Waals surface area contributed by atoms with E-state index in [0.29, 0.717) is 30.9 Å². The largest absolute Gasteiger partial charge is 0.444 e. The molecule has 1 N–H and O–H groups in total. The molecule has 0 radical (unpaired) electrons. The number of alkyl halides is 1. The second-order valence-corrected chi connectivity index (χ2v) is 6.36. The van der Waals surface area contributed by atoms with E-state index in [0.717, 1.165) is 0 Å². The van der Waals surface area contributed by atoms with Crippen LogP contribution in [-0.2, 0) is 9.53 Å². The van der Waals surface area contributed by atoms with Gasteiger partial charge in [0, 0.05) is 19.6 Å². The second-order valence-electron chi connectivity index (χ2n) is 5.80. The predicted octanol–water partition coefficient (Wildman–Crippen LogP) is 2.39. The van der Waals surface area contributed by atoms with E-state index in [1.807, 2.05) is 20.8 Å². The van der Waals surface area contributed by atoms with Crippen LogP contribution in [-0.4, -0.2) is 47.5 Å². The number of carbonyl (C=O) groups excluding carboxylic acids is 2. The Morgan fingerprint density at radius 1 is 1.32 bits per heavy atom. The van der Waals surface area contributed by atoms with Crippen LogP contribution in [0.15, 0.2) is 0 Å². The van der Waals surface area contributed by atoms with Crippen molar-refractivity contribution in [2.75, 3.05) is 25.0 Å². The van der Waals surface area contributed by atoms with Gasteiger partial charge in [-0.1, -0.05) is 29.8 Å². The molecule has 5 nitrogen and oxygen atoms in total. The lowest BCUT2D eigenvalue weighted by molar-refractivity contribution is -0.128. The van der Waals surface area contributed by atoms with Crippen molar-refractivity contribution in [1.29, 1.82) is 0 Å². The number of alkyl carbamates (subject to hydrolysis) is 1. The normalized spacial score (nSPS) is 11.3. The number of carbonyl (C=O) groups is 2. The van der Waals surface area contributed by atoms with Gasteiger partial charge in [0.2, 0.25) is 5.91 Å². The van der Waals surface area contributed by atoms with Gasteiger partial charge in [0.25, 0.3) is 0 Å². The number of halogens is 1. The molecule has 112 valence electrons. The highest BCUT2D eigenvalue weighted by Gasteiger charge is 2.17. The van der Waals surface area contributed by atoms with Crippen LogP contribution in [0.3, 0.4) is 0 Å². The van der Waals surface area contributed by atoms with Crippen molar-refractivity contribution in [3.05, 3.63) is 0 Å². The van der Waals surface area contributed by atoms with Gasteiger partial charge in [0.1, 0.15) is 5.60 Å². The number of hydrogen-bond donors (Lipinski definition) is 1. The monoisotopic (exact) mass is 336 g/mol. The molecule has 0 fully saturated rings. The Bertz CT molecular complexity index is 301. The minimum absolute atomic E-state index is 0.0275. The number of hydrogen-bond acceptors (Lipinski definition) is 3. The van der Waals surface area contributed by atoms with E-state index in [9.17, 15) is 9.59 Å². The van der Waals surface area contributed by atoms with Gasteiger partial charge in [-0.3, -0.25) is 4.79 Å². The number of nitrogens with one attached hydrogen (secondary N) is 1. The van der Waals surface area contributed by atoms with Gasteiger partial charge in [-0.15, -0.1) is 0 Å². The third-order valence-corrected chi connectivity index (χ3v) is 2.58. The van der Waals surface area contributed by atoms with Crippen LogP contribution >= 0.6 is 15.9 Å². The quantitative estimate of drug-likeness (QED) is 0.757. The molecule has 0 aliphatic heterocycles. The summed E-state index contributed by atoms with van der Waals surface area (Å²) in [7, 11) is 0. The molecular formula is C13H25BrN2O3. The van der Waals surface area contributed by atoms with Crippen LogP contribution in [0.25, 0.3) is 0 Å². The van der Waals surface area contributed by atoms with Crippen molar-refractivity contribution >= 4 is 27.9 Å². The first kappa shape index (κ1) is 18.2. The molecule has 0 aromatic rings. The van der Waals surface area contributed by atoms with Crippen molar-refractivity contribution in [2.45, 2.75) is 40.2 Å². The summed E-state index contributed by atoms with van der Waals surface area (Å²) >= 11 is 3.16. The van der Waals surface area contributed by atoms with E-state index in [1.165, 1.54) is 0 Å². The van der Waals surface area contributed by atoms with Crippen molar-refractivity contribution in [1.82, 2.24) is 10.2 Å². The molecule has 0 bridgehead atoms. The standard InChI is InChI=1S/C13H25BrN2O3/c1-10(2)9-16(11(17)8-14)7-6-15-12(18)19-13(3,4)5/h10H,6-9H2,1-5H3,(H,15,18). The molecule has 0 heterocycles. The Balaban J connectivity index is 4.12. The van der Waals surface area contributed by atoms with Gasteiger partial charge in [0.05, 0.1) is 5.33 Å². The Kier molecular flexibility index (Phi) is 8.06. The topological polar surface area (TPSA) is 58.6 Å². The minimum Gasteiger partial charge on any atom is -0.444 e. The average Bonchev–Trinajstić information content (AvgIpc) is 2.23. The third-order valence-electron chi connectivity index (χ3n) is 2.10. The van der Waals surface area contributed by atoms with Crippen LogP contribution in [0.4, 0.5) is 4.79 Å². The van der Waals surface area contributed by atoms with Crippen molar-refractivity contribution in [3.63, 3.8) is 0 Å². The van der Waals surface area contributed by atoms with E-state index >= 15 is 0 Å². The predicted molar refractivity (Wildman–Crippen MR) is 79.4 cm³/mol. The van der Waals surface area contributed by atoms with E-state index in [2.05, 4.69) is 35.1 Å². The molecule has 0 saturated heterocycles. The average molecular weight is 337 g/mol. The van der Waals surface area contributed by atoms with Gasteiger partial charge in [0.15, 0.2) is 0 Å². The van der Waals surface area contributed by atoms with Gasteiger partial charge in [-0.25, -0.2) is 4.79 Å². The summed E-state index contributed by atoms with van der Waals surface area (Å²) in [6.45, 7) is 11.1.